The SMILES string of the molecule is CCOc1cc(CN)cc2[nH]ccc12. The van der Waals surface area contributed by atoms with Crippen molar-refractivity contribution >= 4 is 10.9 Å². The minimum absolute atomic E-state index is 0.537. The summed E-state index contributed by atoms with van der Waals surface area (Å²) < 4.78 is 5.54. The zero-order chi connectivity index (χ0) is 9.97. The molecule has 1 heterocycles. The molecule has 3 heteroatoms. The Morgan fingerprint density at radius 1 is 1.43 bits per heavy atom. The molecule has 0 atom stereocenters. The van der Waals surface area contributed by atoms with E-state index >= 15 is 0 Å². The third-order valence-electron chi connectivity index (χ3n) is 2.23. The van der Waals surface area contributed by atoms with Crippen LogP contribution in [0.1, 0.15) is 12.5 Å². The molecule has 0 saturated heterocycles. The molecule has 0 radical (unpaired) electrons. The lowest BCUT2D eigenvalue weighted by molar-refractivity contribution is 0.344. The van der Waals surface area contributed by atoms with Crippen molar-refractivity contribution in [1.29, 1.82) is 0 Å². The molecule has 0 saturated carbocycles. The second-order valence-corrected chi connectivity index (χ2v) is 3.17. The largest absolute Gasteiger partial charge is 0.493 e. The Labute approximate surface area is 82.9 Å². The van der Waals surface area contributed by atoms with Crippen molar-refractivity contribution in [3.05, 3.63) is 30.0 Å². The maximum atomic E-state index is 5.61. The van der Waals surface area contributed by atoms with Crippen LogP contribution < -0.4 is 10.5 Å². The number of rotatable bonds is 3. The Morgan fingerprint density at radius 3 is 3.00 bits per heavy atom. The summed E-state index contributed by atoms with van der Waals surface area (Å²) in [6.45, 7) is 3.19. The number of aromatic nitrogens is 1. The molecule has 0 aliphatic heterocycles. The minimum Gasteiger partial charge on any atom is -0.493 e. The summed E-state index contributed by atoms with van der Waals surface area (Å²) in [4.78, 5) is 3.16. The van der Waals surface area contributed by atoms with Crippen LogP contribution >= 0.6 is 0 Å². The van der Waals surface area contributed by atoms with Crippen LogP contribution in [-0.2, 0) is 6.54 Å². The molecule has 2 rings (SSSR count). The van der Waals surface area contributed by atoms with Gasteiger partial charge >= 0.3 is 0 Å². The fraction of sp³-hybridized carbons (Fsp3) is 0.273. The van der Waals surface area contributed by atoms with Crippen LogP contribution in [0.5, 0.6) is 5.75 Å². The lowest BCUT2D eigenvalue weighted by Crippen LogP contribution is -1.98. The summed E-state index contributed by atoms with van der Waals surface area (Å²) in [6, 6.07) is 6.07. The zero-order valence-corrected chi connectivity index (χ0v) is 8.21. The van der Waals surface area contributed by atoms with Gasteiger partial charge in [0.05, 0.1) is 6.61 Å². The molecule has 0 fully saturated rings. The first-order valence-corrected chi connectivity index (χ1v) is 4.78. The molecule has 0 amide bonds. The zero-order valence-electron chi connectivity index (χ0n) is 8.21. The van der Waals surface area contributed by atoms with Crippen LogP contribution in [0, 0.1) is 0 Å². The Kier molecular flexibility index (Phi) is 2.41. The van der Waals surface area contributed by atoms with Crippen LogP contribution in [0.15, 0.2) is 24.4 Å². The molecular formula is C11H14N2O. The molecule has 0 aliphatic rings. The van der Waals surface area contributed by atoms with E-state index in [1.807, 2.05) is 25.3 Å². The number of H-pyrrole nitrogens is 1. The number of hydrogen-bond acceptors (Lipinski definition) is 2. The van der Waals surface area contributed by atoms with Crippen LogP contribution in [0.3, 0.4) is 0 Å². The van der Waals surface area contributed by atoms with E-state index in [0.29, 0.717) is 13.2 Å². The summed E-state index contributed by atoms with van der Waals surface area (Å²) in [6.07, 6.45) is 1.91. The van der Waals surface area contributed by atoms with Crippen molar-refractivity contribution < 1.29 is 4.74 Å². The van der Waals surface area contributed by atoms with Crippen LogP contribution in [0.4, 0.5) is 0 Å². The smallest absolute Gasteiger partial charge is 0.128 e. The standard InChI is InChI=1S/C11H14N2O/c1-2-14-11-6-8(7-12)5-10-9(11)3-4-13-10/h3-6,13H,2,7,12H2,1H3. The quantitative estimate of drug-likeness (QED) is 0.778. The number of ether oxygens (including phenoxy) is 1. The van der Waals surface area contributed by atoms with Gasteiger partial charge in [-0.25, -0.2) is 0 Å². The van der Waals surface area contributed by atoms with Gasteiger partial charge in [-0.15, -0.1) is 0 Å². The van der Waals surface area contributed by atoms with Gasteiger partial charge in [-0.05, 0) is 30.7 Å². The van der Waals surface area contributed by atoms with E-state index in [4.69, 9.17) is 10.5 Å². The molecule has 14 heavy (non-hydrogen) atoms. The number of hydrogen-bond donors (Lipinski definition) is 2. The predicted molar refractivity (Wildman–Crippen MR) is 57.4 cm³/mol. The van der Waals surface area contributed by atoms with Gasteiger partial charge in [-0.1, -0.05) is 0 Å². The monoisotopic (exact) mass is 190 g/mol. The minimum atomic E-state index is 0.537. The maximum absolute atomic E-state index is 5.61. The van der Waals surface area contributed by atoms with E-state index in [-0.39, 0.29) is 0 Å². The highest BCUT2D eigenvalue weighted by Gasteiger charge is 2.04. The van der Waals surface area contributed by atoms with E-state index < -0.39 is 0 Å². The molecule has 1 aromatic carbocycles. The van der Waals surface area contributed by atoms with Gasteiger partial charge in [0.15, 0.2) is 0 Å². The topological polar surface area (TPSA) is 51.0 Å². The lowest BCUT2D eigenvalue weighted by Gasteiger charge is -2.06. The van der Waals surface area contributed by atoms with Gasteiger partial charge in [0.25, 0.3) is 0 Å². The first-order valence-electron chi connectivity index (χ1n) is 4.78. The normalized spacial score (nSPS) is 10.7. The summed E-state index contributed by atoms with van der Waals surface area (Å²) in [5.41, 5.74) is 7.77. The fourth-order valence-electron chi connectivity index (χ4n) is 1.58. The van der Waals surface area contributed by atoms with Gasteiger partial charge < -0.3 is 15.5 Å². The highest BCUT2D eigenvalue weighted by Crippen LogP contribution is 2.26. The highest BCUT2D eigenvalue weighted by molar-refractivity contribution is 5.86. The summed E-state index contributed by atoms with van der Waals surface area (Å²) in [5.74, 6) is 0.909. The average Bonchev–Trinajstić information content (AvgIpc) is 2.66. The average molecular weight is 190 g/mol. The molecule has 1 aromatic heterocycles. The highest BCUT2D eigenvalue weighted by atomic mass is 16.5. The molecule has 3 N–H and O–H groups in total. The number of aromatic amines is 1. The van der Waals surface area contributed by atoms with E-state index in [2.05, 4.69) is 11.1 Å². The predicted octanol–water partition coefficient (Wildman–Crippen LogP) is 2.03. The Morgan fingerprint density at radius 2 is 2.29 bits per heavy atom. The molecule has 74 valence electrons. The first-order chi connectivity index (χ1) is 6.85. The van der Waals surface area contributed by atoms with Crippen molar-refractivity contribution in [2.75, 3.05) is 6.61 Å². The molecule has 0 unspecified atom stereocenters. The molecule has 0 spiro atoms. The molecule has 0 aliphatic carbocycles. The van der Waals surface area contributed by atoms with Gasteiger partial charge in [0.2, 0.25) is 0 Å². The van der Waals surface area contributed by atoms with Gasteiger partial charge in [0.1, 0.15) is 5.75 Å². The second kappa shape index (κ2) is 3.72. The third-order valence-corrected chi connectivity index (χ3v) is 2.23. The third kappa shape index (κ3) is 1.46. The summed E-state index contributed by atoms with van der Waals surface area (Å²) in [7, 11) is 0. The fourth-order valence-corrected chi connectivity index (χ4v) is 1.58. The van der Waals surface area contributed by atoms with E-state index in [1.165, 1.54) is 0 Å². The Hall–Kier alpha value is -1.48. The number of fused-ring (bicyclic) bond motifs is 1. The van der Waals surface area contributed by atoms with Crippen LogP contribution in [0.25, 0.3) is 10.9 Å². The maximum Gasteiger partial charge on any atom is 0.128 e. The van der Waals surface area contributed by atoms with E-state index in [1.54, 1.807) is 0 Å². The molecular weight excluding hydrogens is 176 g/mol. The van der Waals surface area contributed by atoms with Crippen LogP contribution in [-0.4, -0.2) is 11.6 Å². The van der Waals surface area contributed by atoms with Crippen molar-refractivity contribution in [3.8, 4) is 5.75 Å². The second-order valence-electron chi connectivity index (χ2n) is 3.17. The van der Waals surface area contributed by atoms with E-state index in [9.17, 15) is 0 Å². The molecule has 3 nitrogen and oxygen atoms in total. The first kappa shape index (κ1) is 9.09. The van der Waals surface area contributed by atoms with E-state index in [0.717, 1.165) is 22.2 Å². The van der Waals surface area contributed by atoms with Gasteiger partial charge in [-0.3, -0.25) is 0 Å². The summed E-state index contributed by atoms with van der Waals surface area (Å²) >= 11 is 0. The Bertz CT molecular complexity index is 434. The van der Waals surface area contributed by atoms with Crippen LogP contribution in [0.2, 0.25) is 0 Å². The van der Waals surface area contributed by atoms with Gasteiger partial charge in [0, 0.05) is 23.6 Å². The number of nitrogens with two attached hydrogens (primary N) is 1. The van der Waals surface area contributed by atoms with Crippen molar-refractivity contribution in [3.63, 3.8) is 0 Å². The van der Waals surface area contributed by atoms with Crippen molar-refractivity contribution in [1.82, 2.24) is 4.98 Å². The van der Waals surface area contributed by atoms with Crippen molar-refractivity contribution in [2.45, 2.75) is 13.5 Å². The molecule has 0 bridgehead atoms. The lowest BCUT2D eigenvalue weighted by atomic mass is 10.1. The summed E-state index contributed by atoms with van der Waals surface area (Å²) in [5, 5.41) is 1.11. The number of benzene rings is 1. The number of nitrogens with one attached hydrogen (secondary N) is 1. The molecule has 2 aromatic rings. The van der Waals surface area contributed by atoms with Crippen molar-refractivity contribution in [2.24, 2.45) is 5.73 Å². The van der Waals surface area contributed by atoms with Gasteiger partial charge in [-0.2, -0.15) is 0 Å². The Balaban J connectivity index is 2.58.